The van der Waals surface area contributed by atoms with E-state index in [9.17, 15) is 0 Å². The Morgan fingerprint density at radius 3 is 2.09 bits per heavy atom. The first-order valence-corrected chi connectivity index (χ1v) is 3.83. The minimum Gasteiger partial charge on any atom is -0.285 e. The van der Waals surface area contributed by atoms with Gasteiger partial charge in [0.15, 0.2) is 0 Å². The van der Waals surface area contributed by atoms with E-state index in [1.54, 1.807) is 12.3 Å². The predicted octanol–water partition coefficient (Wildman–Crippen LogP) is 2.94. The molecule has 0 atom stereocenters. The highest BCUT2D eigenvalue weighted by molar-refractivity contribution is 4.96. The summed E-state index contributed by atoms with van der Waals surface area (Å²) in [6.45, 7) is 11.2. The Morgan fingerprint density at radius 2 is 2.00 bits per heavy atom. The lowest BCUT2D eigenvalue weighted by molar-refractivity contribution is 1.09. The highest BCUT2D eigenvalue weighted by Gasteiger charge is 1.74. The minimum atomic E-state index is 1.18. The molecule has 1 aromatic rings. The van der Waals surface area contributed by atoms with Crippen molar-refractivity contribution in [2.75, 3.05) is 0 Å². The molecule has 0 spiro atoms. The first-order chi connectivity index (χ1) is 5.31. The summed E-state index contributed by atoms with van der Waals surface area (Å²) in [5, 5.41) is 6.38. The topological polar surface area (TPSA) is 28.7 Å². The Hall–Kier alpha value is -1.05. The molecule has 1 N–H and O–H groups in total. The van der Waals surface area contributed by atoms with Crippen molar-refractivity contribution in [1.82, 2.24) is 10.2 Å². The van der Waals surface area contributed by atoms with Crippen molar-refractivity contribution in [2.24, 2.45) is 0 Å². The molecule has 1 heterocycles. The van der Waals surface area contributed by atoms with Crippen molar-refractivity contribution in [3.8, 4) is 0 Å². The van der Waals surface area contributed by atoms with Crippen LogP contribution in [0.5, 0.6) is 0 Å². The third kappa shape index (κ3) is 12.2. The fourth-order valence-corrected chi connectivity index (χ4v) is 0.315. The van der Waals surface area contributed by atoms with Gasteiger partial charge in [-0.05, 0) is 19.4 Å². The molecule has 1 rings (SSSR count). The summed E-state index contributed by atoms with van der Waals surface area (Å²) in [7, 11) is 0. The monoisotopic (exact) mass is 154 g/mol. The highest BCUT2D eigenvalue weighted by atomic mass is 15.1. The number of hydrogen-bond acceptors (Lipinski definition) is 1. The van der Waals surface area contributed by atoms with E-state index in [2.05, 4.69) is 16.8 Å². The third-order valence-electron chi connectivity index (χ3n) is 0.635. The zero-order chi connectivity index (χ0) is 9.11. The van der Waals surface area contributed by atoms with Crippen LogP contribution >= 0.6 is 0 Å². The second kappa shape index (κ2) is 11.7. The van der Waals surface area contributed by atoms with Crippen LogP contribution in [-0.2, 0) is 0 Å². The van der Waals surface area contributed by atoms with E-state index in [1.165, 1.54) is 5.56 Å². The average Bonchev–Trinajstić information content (AvgIpc) is 2.46. The Labute approximate surface area is 69.3 Å². The van der Waals surface area contributed by atoms with Gasteiger partial charge in [0.2, 0.25) is 0 Å². The van der Waals surface area contributed by atoms with Crippen LogP contribution in [0.3, 0.4) is 0 Å². The molecule has 0 radical (unpaired) electrons. The van der Waals surface area contributed by atoms with E-state index in [0.717, 1.165) is 0 Å². The van der Waals surface area contributed by atoms with Gasteiger partial charge in [-0.1, -0.05) is 19.9 Å². The molecule has 64 valence electrons. The van der Waals surface area contributed by atoms with Crippen LogP contribution in [-0.4, -0.2) is 10.2 Å². The molecule has 0 saturated heterocycles. The number of hydrogen-bond donors (Lipinski definition) is 1. The zero-order valence-electron chi connectivity index (χ0n) is 7.89. The Bertz CT molecular complexity index is 143. The number of aryl methyl sites for hydroxylation is 1. The van der Waals surface area contributed by atoms with Crippen molar-refractivity contribution in [3.05, 3.63) is 30.6 Å². The van der Waals surface area contributed by atoms with Crippen molar-refractivity contribution in [2.45, 2.75) is 27.7 Å². The standard InChI is InChI=1S/C4H6N2.C3H6.C2H6/c1-4-2-5-6-3-4;1-3-2;1-2/h2-3H,1H3,(H,5,6);3H,1H2,2H3;1-2H3. The molecule has 0 bridgehead atoms. The molecular weight excluding hydrogens is 136 g/mol. The molecule has 2 heteroatoms. The second-order valence-electron chi connectivity index (χ2n) is 1.68. The molecule has 1 aromatic heterocycles. The van der Waals surface area contributed by atoms with Gasteiger partial charge in [-0.25, -0.2) is 0 Å². The van der Waals surface area contributed by atoms with Crippen LogP contribution in [0.15, 0.2) is 25.0 Å². The van der Waals surface area contributed by atoms with E-state index in [4.69, 9.17) is 0 Å². The SMILES string of the molecule is C=CC.CC.Cc1cn[nH]c1. The zero-order valence-corrected chi connectivity index (χ0v) is 7.89. The van der Waals surface area contributed by atoms with Crippen LogP contribution in [0.4, 0.5) is 0 Å². The maximum absolute atomic E-state index is 3.70. The largest absolute Gasteiger partial charge is 0.285 e. The molecule has 0 saturated carbocycles. The molecule has 0 aliphatic heterocycles. The van der Waals surface area contributed by atoms with Crippen molar-refractivity contribution < 1.29 is 0 Å². The van der Waals surface area contributed by atoms with Gasteiger partial charge in [0.1, 0.15) is 0 Å². The molecule has 0 aliphatic carbocycles. The van der Waals surface area contributed by atoms with Crippen LogP contribution in [0.2, 0.25) is 0 Å². The number of nitrogens with one attached hydrogen (secondary N) is 1. The minimum absolute atomic E-state index is 1.18. The summed E-state index contributed by atoms with van der Waals surface area (Å²) < 4.78 is 0. The number of aromatic amines is 1. The van der Waals surface area contributed by atoms with Gasteiger partial charge >= 0.3 is 0 Å². The summed E-state index contributed by atoms with van der Waals surface area (Å²) in [5.41, 5.74) is 1.18. The molecule has 0 aromatic carbocycles. The molecule has 11 heavy (non-hydrogen) atoms. The van der Waals surface area contributed by atoms with E-state index < -0.39 is 0 Å². The fourth-order valence-electron chi connectivity index (χ4n) is 0.315. The van der Waals surface area contributed by atoms with E-state index in [1.807, 2.05) is 33.9 Å². The van der Waals surface area contributed by atoms with Crippen LogP contribution in [0, 0.1) is 6.92 Å². The van der Waals surface area contributed by atoms with Gasteiger partial charge in [0.25, 0.3) is 0 Å². The van der Waals surface area contributed by atoms with Gasteiger partial charge < -0.3 is 0 Å². The lowest BCUT2D eigenvalue weighted by atomic mass is 10.4. The first-order valence-electron chi connectivity index (χ1n) is 3.83. The summed E-state index contributed by atoms with van der Waals surface area (Å²) in [5.74, 6) is 0. The second-order valence-corrected chi connectivity index (χ2v) is 1.68. The van der Waals surface area contributed by atoms with Crippen LogP contribution < -0.4 is 0 Å². The number of rotatable bonds is 0. The first kappa shape index (κ1) is 12.6. The summed E-state index contributed by atoms with van der Waals surface area (Å²) >= 11 is 0. The fraction of sp³-hybridized carbons (Fsp3) is 0.444. The number of allylic oxidation sites excluding steroid dienone is 1. The highest BCUT2D eigenvalue weighted by Crippen LogP contribution is 1.84. The molecule has 2 nitrogen and oxygen atoms in total. The predicted molar refractivity (Wildman–Crippen MR) is 50.5 cm³/mol. The lowest BCUT2D eigenvalue weighted by Crippen LogP contribution is -1.53. The van der Waals surface area contributed by atoms with Crippen molar-refractivity contribution in [3.63, 3.8) is 0 Å². The average molecular weight is 154 g/mol. The molecule has 0 aliphatic rings. The summed E-state index contributed by atoms with van der Waals surface area (Å²) in [6, 6.07) is 0. The van der Waals surface area contributed by atoms with Gasteiger partial charge in [0, 0.05) is 6.20 Å². The Balaban J connectivity index is 0. The van der Waals surface area contributed by atoms with E-state index >= 15 is 0 Å². The van der Waals surface area contributed by atoms with E-state index in [-0.39, 0.29) is 0 Å². The number of nitrogens with zero attached hydrogens (tertiary/aromatic N) is 1. The lowest BCUT2D eigenvalue weighted by Gasteiger charge is -1.62. The van der Waals surface area contributed by atoms with Crippen LogP contribution in [0.25, 0.3) is 0 Å². The Morgan fingerprint density at radius 1 is 1.55 bits per heavy atom. The molecule has 0 amide bonds. The maximum atomic E-state index is 3.70. The summed E-state index contributed by atoms with van der Waals surface area (Å²) in [6.07, 6.45) is 5.38. The molecule has 0 fully saturated rings. The number of H-pyrrole nitrogens is 1. The van der Waals surface area contributed by atoms with Gasteiger partial charge in [-0.3, -0.25) is 5.10 Å². The maximum Gasteiger partial charge on any atom is 0.0516 e. The smallest absolute Gasteiger partial charge is 0.0516 e. The van der Waals surface area contributed by atoms with Crippen molar-refractivity contribution >= 4 is 0 Å². The third-order valence-corrected chi connectivity index (χ3v) is 0.635. The van der Waals surface area contributed by atoms with Gasteiger partial charge in [-0.2, -0.15) is 5.10 Å². The summed E-state index contributed by atoms with van der Waals surface area (Å²) in [4.78, 5) is 0. The van der Waals surface area contributed by atoms with Crippen molar-refractivity contribution in [1.29, 1.82) is 0 Å². The number of aromatic nitrogens is 2. The molecular formula is C9H18N2. The van der Waals surface area contributed by atoms with Crippen LogP contribution in [0.1, 0.15) is 26.3 Å². The molecule has 0 unspecified atom stereocenters. The van der Waals surface area contributed by atoms with Gasteiger partial charge in [-0.15, -0.1) is 6.58 Å². The van der Waals surface area contributed by atoms with E-state index in [0.29, 0.717) is 0 Å². The van der Waals surface area contributed by atoms with Gasteiger partial charge in [0.05, 0.1) is 6.20 Å². The quantitative estimate of drug-likeness (QED) is 0.572. The Kier molecular flexibility index (Phi) is 13.4. The normalized spacial score (nSPS) is 6.55.